The molecule has 4 nitrogen and oxygen atoms in total. The van der Waals surface area contributed by atoms with Gasteiger partial charge in [0, 0.05) is 36.0 Å². The van der Waals surface area contributed by atoms with Crippen molar-refractivity contribution >= 4 is 16.7 Å². The lowest BCUT2D eigenvalue weighted by Crippen LogP contribution is -2.29. The summed E-state index contributed by atoms with van der Waals surface area (Å²) in [4.78, 5) is 10.9. The van der Waals surface area contributed by atoms with Crippen molar-refractivity contribution in [2.75, 3.05) is 31.8 Å². The van der Waals surface area contributed by atoms with E-state index >= 15 is 0 Å². The lowest BCUT2D eigenvalue weighted by atomic mass is 10.4. The van der Waals surface area contributed by atoms with E-state index in [4.69, 9.17) is 4.74 Å². The number of nitrogens with one attached hydrogen (secondary N) is 1. The molecular weight excluding hydrogens is 190 g/mol. The van der Waals surface area contributed by atoms with Crippen LogP contribution in [0.1, 0.15) is 13.3 Å². The Kier molecular flexibility index (Phi) is 7.93. The van der Waals surface area contributed by atoms with E-state index in [1.54, 1.807) is 6.26 Å². The average Bonchev–Trinajstić information content (AvgIpc) is 2.08. The van der Waals surface area contributed by atoms with Crippen molar-refractivity contribution in [3.8, 4) is 0 Å². The Labute approximate surface area is 81.5 Å². The van der Waals surface area contributed by atoms with Crippen molar-refractivity contribution in [2.24, 2.45) is 0 Å². The lowest BCUT2D eigenvalue weighted by molar-refractivity contribution is -0.125. The second kappa shape index (κ2) is 8.19. The van der Waals surface area contributed by atoms with E-state index in [0.29, 0.717) is 18.9 Å². The standard InChI is InChI=1S/C8H17NO3S/c1-3-12-7-8(10)9-5-4-6-13(2)11/h3-7H2,1-2H3,(H,9,10). The first-order valence-corrected chi connectivity index (χ1v) is 6.04. The van der Waals surface area contributed by atoms with E-state index in [2.05, 4.69) is 5.32 Å². The molecule has 0 heterocycles. The normalized spacial score (nSPS) is 12.5. The molecule has 0 spiro atoms. The highest BCUT2D eigenvalue weighted by molar-refractivity contribution is 7.84. The first-order chi connectivity index (χ1) is 6.16. The smallest absolute Gasteiger partial charge is 0.245 e. The van der Waals surface area contributed by atoms with Gasteiger partial charge in [-0.2, -0.15) is 0 Å². The zero-order chi connectivity index (χ0) is 10.1. The van der Waals surface area contributed by atoms with Crippen LogP contribution in [0.3, 0.4) is 0 Å². The van der Waals surface area contributed by atoms with Crippen LogP contribution in [0.5, 0.6) is 0 Å². The molecule has 1 N–H and O–H groups in total. The first-order valence-electron chi connectivity index (χ1n) is 4.31. The number of amides is 1. The number of hydrogen-bond acceptors (Lipinski definition) is 3. The molecule has 5 heteroatoms. The molecule has 0 aromatic carbocycles. The molecule has 0 aliphatic carbocycles. The third-order valence-corrected chi connectivity index (χ3v) is 2.23. The molecule has 1 atom stereocenters. The Bertz CT molecular complexity index is 173. The fourth-order valence-electron chi connectivity index (χ4n) is 0.749. The second-order valence-corrected chi connectivity index (χ2v) is 4.17. The maximum absolute atomic E-state index is 10.9. The van der Waals surface area contributed by atoms with E-state index in [1.807, 2.05) is 6.92 Å². The SMILES string of the molecule is CCOCC(=O)NCCCS(C)=O. The molecule has 0 rings (SSSR count). The van der Waals surface area contributed by atoms with Crippen LogP contribution in [-0.2, 0) is 20.3 Å². The first kappa shape index (κ1) is 12.6. The molecule has 0 saturated carbocycles. The Hall–Kier alpha value is -0.420. The molecule has 13 heavy (non-hydrogen) atoms. The van der Waals surface area contributed by atoms with Crippen LogP contribution in [0.25, 0.3) is 0 Å². The van der Waals surface area contributed by atoms with Crippen LogP contribution in [-0.4, -0.2) is 41.9 Å². The van der Waals surface area contributed by atoms with Crippen molar-refractivity contribution in [1.29, 1.82) is 0 Å². The number of rotatable bonds is 7. The van der Waals surface area contributed by atoms with Crippen LogP contribution in [0, 0.1) is 0 Å². The van der Waals surface area contributed by atoms with Crippen molar-refractivity contribution in [3.05, 3.63) is 0 Å². The van der Waals surface area contributed by atoms with Crippen LogP contribution >= 0.6 is 0 Å². The molecule has 0 saturated heterocycles. The molecule has 0 bridgehead atoms. The summed E-state index contributed by atoms with van der Waals surface area (Å²) in [6.07, 6.45) is 2.41. The molecule has 1 unspecified atom stereocenters. The van der Waals surface area contributed by atoms with Crippen LogP contribution < -0.4 is 5.32 Å². The van der Waals surface area contributed by atoms with Gasteiger partial charge in [-0.05, 0) is 13.3 Å². The number of hydrogen-bond donors (Lipinski definition) is 1. The Morgan fingerprint density at radius 1 is 1.54 bits per heavy atom. The minimum Gasteiger partial charge on any atom is -0.372 e. The third-order valence-electron chi connectivity index (χ3n) is 1.37. The van der Waals surface area contributed by atoms with Gasteiger partial charge in [0.1, 0.15) is 6.61 Å². The molecule has 1 amide bonds. The zero-order valence-corrected chi connectivity index (χ0v) is 8.99. The summed E-state index contributed by atoms with van der Waals surface area (Å²) in [6.45, 7) is 3.08. The summed E-state index contributed by atoms with van der Waals surface area (Å²) in [5, 5.41) is 2.67. The van der Waals surface area contributed by atoms with Crippen molar-refractivity contribution in [1.82, 2.24) is 5.32 Å². The number of ether oxygens (including phenoxy) is 1. The molecule has 0 radical (unpaired) electrons. The Morgan fingerprint density at radius 2 is 2.23 bits per heavy atom. The van der Waals surface area contributed by atoms with Gasteiger partial charge in [0.15, 0.2) is 0 Å². The van der Waals surface area contributed by atoms with E-state index < -0.39 is 10.8 Å². The molecule has 0 fully saturated rings. The fraction of sp³-hybridized carbons (Fsp3) is 0.875. The van der Waals surface area contributed by atoms with Gasteiger partial charge in [0.25, 0.3) is 0 Å². The quantitative estimate of drug-likeness (QED) is 0.593. The monoisotopic (exact) mass is 207 g/mol. The van der Waals surface area contributed by atoms with Crippen molar-refractivity contribution in [2.45, 2.75) is 13.3 Å². The molecular formula is C8H17NO3S. The highest BCUT2D eigenvalue weighted by Crippen LogP contribution is 1.82. The summed E-state index contributed by atoms with van der Waals surface area (Å²) >= 11 is 0. The largest absolute Gasteiger partial charge is 0.372 e. The third kappa shape index (κ3) is 9.49. The molecule has 0 aromatic rings. The van der Waals surface area contributed by atoms with Gasteiger partial charge in [-0.25, -0.2) is 0 Å². The van der Waals surface area contributed by atoms with Gasteiger partial charge in [0.05, 0.1) is 0 Å². The maximum atomic E-state index is 10.9. The average molecular weight is 207 g/mol. The summed E-state index contributed by atoms with van der Waals surface area (Å²) < 4.78 is 15.5. The lowest BCUT2D eigenvalue weighted by Gasteiger charge is -2.03. The Morgan fingerprint density at radius 3 is 2.77 bits per heavy atom. The zero-order valence-electron chi connectivity index (χ0n) is 8.17. The summed E-state index contributed by atoms with van der Waals surface area (Å²) in [7, 11) is -0.768. The predicted octanol–water partition coefficient (Wildman–Crippen LogP) is -0.0923. The Balaban J connectivity index is 3.22. The predicted molar refractivity (Wildman–Crippen MR) is 53.1 cm³/mol. The molecule has 0 aromatic heterocycles. The molecule has 0 aliphatic heterocycles. The summed E-state index contributed by atoms with van der Waals surface area (Å²) in [5.41, 5.74) is 0. The van der Waals surface area contributed by atoms with E-state index in [0.717, 1.165) is 6.42 Å². The topological polar surface area (TPSA) is 55.4 Å². The second-order valence-electron chi connectivity index (χ2n) is 2.62. The van der Waals surface area contributed by atoms with Crippen LogP contribution in [0.15, 0.2) is 0 Å². The fourth-order valence-corrected chi connectivity index (χ4v) is 1.30. The number of carbonyl (C=O) groups excluding carboxylic acids is 1. The van der Waals surface area contributed by atoms with Crippen LogP contribution in [0.4, 0.5) is 0 Å². The summed E-state index contributed by atoms with van der Waals surface area (Å²) in [6, 6.07) is 0. The van der Waals surface area contributed by atoms with E-state index in [9.17, 15) is 9.00 Å². The van der Waals surface area contributed by atoms with Gasteiger partial charge in [-0.3, -0.25) is 9.00 Å². The van der Waals surface area contributed by atoms with Gasteiger partial charge >= 0.3 is 0 Å². The minimum absolute atomic E-state index is 0.108. The van der Waals surface area contributed by atoms with E-state index in [1.165, 1.54) is 0 Å². The highest BCUT2D eigenvalue weighted by Gasteiger charge is 1.99. The summed E-state index contributed by atoms with van der Waals surface area (Å²) in [5.74, 6) is 0.526. The van der Waals surface area contributed by atoms with Gasteiger partial charge in [0.2, 0.25) is 5.91 Å². The van der Waals surface area contributed by atoms with Crippen molar-refractivity contribution in [3.63, 3.8) is 0 Å². The van der Waals surface area contributed by atoms with Gasteiger partial charge in [-0.1, -0.05) is 0 Å². The highest BCUT2D eigenvalue weighted by atomic mass is 32.2. The molecule has 78 valence electrons. The maximum Gasteiger partial charge on any atom is 0.245 e. The number of carbonyl (C=O) groups is 1. The van der Waals surface area contributed by atoms with Crippen LogP contribution in [0.2, 0.25) is 0 Å². The van der Waals surface area contributed by atoms with Gasteiger partial charge < -0.3 is 10.1 Å². The van der Waals surface area contributed by atoms with Crippen molar-refractivity contribution < 1.29 is 13.7 Å². The minimum atomic E-state index is -0.768. The van der Waals surface area contributed by atoms with Gasteiger partial charge in [-0.15, -0.1) is 0 Å². The molecule has 0 aliphatic rings. The van der Waals surface area contributed by atoms with E-state index in [-0.39, 0.29) is 12.5 Å².